The Morgan fingerprint density at radius 2 is 1.87 bits per heavy atom. The number of ether oxygens (including phenoxy) is 1. The molecule has 3 aromatic rings. The zero-order chi connectivity index (χ0) is 21.3. The summed E-state index contributed by atoms with van der Waals surface area (Å²) in [4.78, 5) is 31.7. The van der Waals surface area contributed by atoms with E-state index in [2.05, 4.69) is 22.2 Å². The van der Waals surface area contributed by atoms with Gasteiger partial charge >= 0.3 is 0 Å². The van der Waals surface area contributed by atoms with Crippen LogP contribution < -0.4 is 15.6 Å². The third-order valence-electron chi connectivity index (χ3n) is 4.68. The van der Waals surface area contributed by atoms with Crippen LogP contribution in [0.2, 0.25) is 0 Å². The Hall–Kier alpha value is -3.41. The topological polar surface area (TPSA) is 84.1 Å². The van der Waals surface area contributed by atoms with Gasteiger partial charge in [0.2, 0.25) is 0 Å². The Balaban J connectivity index is 1.68. The Kier molecular flexibility index (Phi) is 7.38. The van der Waals surface area contributed by atoms with E-state index in [-0.39, 0.29) is 11.5 Å². The number of hydrogen-bond donors (Lipinski definition) is 2. The van der Waals surface area contributed by atoms with E-state index in [1.54, 1.807) is 24.3 Å². The number of benzene rings is 2. The summed E-state index contributed by atoms with van der Waals surface area (Å²) in [5.74, 6) is 1.03. The molecule has 0 atom stereocenters. The highest BCUT2D eigenvalue weighted by Crippen LogP contribution is 2.20. The number of anilines is 1. The van der Waals surface area contributed by atoms with Crippen molar-refractivity contribution in [3.05, 3.63) is 76.2 Å². The molecule has 6 nitrogen and oxygen atoms in total. The van der Waals surface area contributed by atoms with Crippen molar-refractivity contribution in [3.63, 3.8) is 0 Å². The SMILES string of the molecule is CCCCCOc1ccc(C(=O)Nc2cccc(-c3nc(CC)cc(=O)[nH]3)c2)cc1. The number of aromatic nitrogens is 2. The second-order valence-corrected chi connectivity index (χ2v) is 7.05. The minimum absolute atomic E-state index is 0.191. The second-order valence-electron chi connectivity index (χ2n) is 7.05. The fourth-order valence-corrected chi connectivity index (χ4v) is 3.02. The molecule has 0 fully saturated rings. The van der Waals surface area contributed by atoms with Crippen molar-refractivity contribution in [1.29, 1.82) is 0 Å². The van der Waals surface area contributed by atoms with Crippen molar-refractivity contribution in [3.8, 4) is 17.1 Å². The van der Waals surface area contributed by atoms with Gasteiger partial charge in [0.25, 0.3) is 11.5 Å². The van der Waals surface area contributed by atoms with Crippen LogP contribution in [0.1, 0.15) is 49.2 Å². The van der Waals surface area contributed by atoms with Gasteiger partial charge in [-0.15, -0.1) is 0 Å². The molecule has 1 heterocycles. The molecular formula is C24H27N3O3. The monoisotopic (exact) mass is 405 g/mol. The van der Waals surface area contributed by atoms with Gasteiger partial charge in [-0.25, -0.2) is 4.98 Å². The number of nitrogens with one attached hydrogen (secondary N) is 2. The summed E-state index contributed by atoms with van der Waals surface area (Å²) in [6.45, 7) is 4.78. The maximum Gasteiger partial charge on any atom is 0.255 e. The predicted octanol–water partition coefficient (Wildman–Crippen LogP) is 4.82. The number of carbonyl (C=O) groups is 1. The summed E-state index contributed by atoms with van der Waals surface area (Å²) in [6, 6.07) is 15.9. The lowest BCUT2D eigenvalue weighted by molar-refractivity contribution is 0.102. The lowest BCUT2D eigenvalue weighted by Gasteiger charge is -2.09. The van der Waals surface area contributed by atoms with E-state index in [1.807, 2.05) is 31.2 Å². The molecule has 0 saturated carbocycles. The number of H-pyrrole nitrogens is 1. The molecule has 2 aromatic carbocycles. The van der Waals surface area contributed by atoms with E-state index < -0.39 is 0 Å². The minimum atomic E-state index is -0.214. The number of nitrogens with zero attached hydrogens (tertiary/aromatic N) is 1. The molecular weight excluding hydrogens is 378 g/mol. The summed E-state index contributed by atoms with van der Waals surface area (Å²) < 4.78 is 5.69. The van der Waals surface area contributed by atoms with Crippen LogP contribution in [0.5, 0.6) is 5.75 Å². The van der Waals surface area contributed by atoms with Crippen molar-refractivity contribution in [2.45, 2.75) is 39.5 Å². The minimum Gasteiger partial charge on any atom is -0.494 e. The van der Waals surface area contributed by atoms with Crippen LogP contribution in [0.4, 0.5) is 5.69 Å². The highest BCUT2D eigenvalue weighted by Gasteiger charge is 2.09. The van der Waals surface area contributed by atoms with Crippen LogP contribution in [-0.2, 0) is 6.42 Å². The van der Waals surface area contributed by atoms with Crippen LogP contribution in [0.25, 0.3) is 11.4 Å². The van der Waals surface area contributed by atoms with E-state index in [1.165, 1.54) is 6.07 Å². The summed E-state index contributed by atoms with van der Waals surface area (Å²) >= 11 is 0. The number of hydrogen-bond acceptors (Lipinski definition) is 4. The smallest absolute Gasteiger partial charge is 0.255 e. The first-order valence-electron chi connectivity index (χ1n) is 10.3. The van der Waals surface area contributed by atoms with E-state index in [0.29, 0.717) is 30.1 Å². The number of unbranched alkanes of at least 4 members (excludes halogenated alkanes) is 2. The zero-order valence-electron chi connectivity index (χ0n) is 17.4. The first-order valence-corrected chi connectivity index (χ1v) is 10.3. The van der Waals surface area contributed by atoms with Crippen LogP contribution in [-0.4, -0.2) is 22.5 Å². The van der Waals surface area contributed by atoms with E-state index in [4.69, 9.17) is 4.74 Å². The summed E-state index contributed by atoms with van der Waals surface area (Å²) in [7, 11) is 0. The third-order valence-corrected chi connectivity index (χ3v) is 4.68. The molecule has 1 amide bonds. The summed E-state index contributed by atoms with van der Waals surface area (Å²) in [6.07, 6.45) is 3.99. The number of aromatic amines is 1. The zero-order valence-corrected chi connectivity index (χ0v) is 17.4. The van der Waals surface area contributed by atoms with Gasteiger partial charge in [-0.05, 0) is 49.2 Å². The second kappa shape index (κ2) is 10.4. The third kappa shape index (κ3) is 5.80. The van der Waals surface area contributed by atoms with Gasteiger partial charge in [0, 0.05) is 28.6 Å². The van der Waals surface area contributed by atoms with Gasteiger partial charge in [0.05, 0.1) is 6.61 Å². The number of carbonyl (C=O) groups excluding carboxylic acids is 1. The van der Waals surface area contributed by atoms with Crippen LogP contribution >= 0.6 is 0 Å². The largest absolute Gasteiger partial charge is 0.494 e. The van der Waals surface area contributed by atoms with Gasteiger partial charge in [-0.3, -0.25) is 9.59 Å². The van der Waals surface area contributed by atoms with Crippen molar-refractivity contribution in [2.24, 2.45) is 0 Å². The molecule has 30 heavy (non-hydrogen) atoms. The van der Waals surface area contributed by atoms with Crippen molar-refractivity contribution in [2.75, 3.05) is 11.9 Å². The molecule has 0 saturated heterocycles. The molecule has 6 heteroatoms. The summed E-state index contributed by atoms with van der Waals surface area (Å²) in [5, 5.41) is 2.89. The Bertz CT molecular complexity index is 1040. The molecule has 0 spiro atoms. The van der Waals surface area contributed by atoms with Crippen LogP contribution in [0.3, 0.4) is 0 Å². The van der Waals surface area contributed by atoms with E-state index in [9.17, 15) is 9.59 Å². The molecule has 1 aromatic heterocycles. The van der Waals surface area contributed by atoms with Crippen molar-refractivity contribution >= 4 is 11.6 Å². The highest BCUT2D eigenvalue weighted by atomic mass is 16.5. The fourth-order valence-electron chi connectivity index (χ4n) is 3.02. The quantitative estimate of drug-likeness (QED) is 0.500. The number of aryl methyl sites for hydroxylation is 1. The van der Waals surface area contributed by atoms with Crippen LogP contribution in [0, 0.1) is 0 Å². The molecule has 3 rings (SSSR count). The average Bonchev–Trinajstić information content (AvgIpc) is 2.77. The Morgan fingerprint density at radius 1 is 1.07 bits per heavy atom. The Labute approximate surface area is 176 Å². The standard InChI is InChI=1S/C24H27N3O3/c1-3-5-6-14-30-21-12-10-17(11-13-21)24(29)26-20-9-7-8-18(15-20)23-25-19(4-2)16-22(28)27-23/h7-13,15-16H,3-6,14H2,1-2H3,(H,26,29)(H,25,27,28). The van der Waals surface area contributed by atoms with Gasteiger partial charge in [-0.2, -0.15) is 0 Å². The predicted molar refractivity (Wildman–Crippen MR) is 119 cm³/mol. The molecule has 0 bridgehead atoms. The molecule has 0 aliphatic rings. The van der Waals surface area contributed by atoms with Gasteiger partial charge in [0.1, 0.15) is 11.6 Å². The molecule has 2 N–H and O–H groups in total. The number of amides is 1. The molecule has 0 radical (unpaired) electrons. The van der Waals surface area contributed by atoms with Crippen molar-refractivity contribution < 1.29 is 9.53 Å². The van der Waals surface area contributed by atoms with E-state index >= 15 is 0 Å². The first-order chi connectivity index (χ1) is 14.6. The van der Waals surface area contributed by atoms with Crippen LogP contribution in [0.15, 0.2) is 59.4 Å². The van der Waals surface area contributed by atoms with E-state index in [0.717, 1.165) is 36.3 Å². The molecule has 0 aliphatic heterocycles. The molecule has 0 aliphatic carbocycles. The normalized spacial score (nSPS) is 10.6. The molecule has 0 unspecified atom stereocenters. The lowest BCUT2D eigenvalue weighted by atomic mass is 10.1. The van der Waals surface area contributed by atoms with Crippen molar-refractivity contribution in [1.82, 2.24) is 9.97 Å². The molecule has 156 valence electrons. The Morgan fingerprint density at radius 3 is 2.60 bits per heavy atom. The lowest BCUT2D eigenvalue weighted by Crippen LogP contribution is -2.12. The average molecular weight is 405 g/mol. The summed E-state index contributed by atoms with van der Waals surface area (Å²) in [5.41, 5.74) is 2.43. The van der Waals surface area contributed by atoms with Gasteiger partial charge in [0.15, 0.2) is 0 Å². The highest BCUT2D eigenvalue weighted by molar-refractivity contribution is 6.04. The van der Waals surface area contributed by atoms with Gasteiger partial charge < -0.3 is 15.0 Å². The fraction of sp³-hybridized carbons (Fsp3) is 0.292. The number of rotatable bonds is 9. The maximum absolute atomic E-state index is 12.6. The van der Waals surface area contributed by atoms with Gasteiger partial charge in [-0.1, -0.05) is 38.8 Å². The maximum atomic E-state index is 12.6. The first kappa shape index (κ1) is 21.3.